The van der Waals surface area contributed by atoms with Crippen molar-refractivity contribution in [3.05, 3.63) is 65.7 Å². The largest absolute Gasteiger partial charge is 0.497 e. The summed E-state index contributed by atoms with van der Waals surface area (Å²) in [6, 6.07) is 16.5. The van der Waals surface area contributed by atoms with Crippen LogP contribution in [0.15, 0.2) is 54.6 Å². The Kier molecular flexibility index (Phi) is 6.95. The van der Waals surface area contributed by atoms with Gasteiger partial charge in [0.05, 0.1) is 13.2 Å². The van der Waals surface area contributed by atoms with Crippen molar-refractivity contribution >= 4 is 10.2 Å². The van der Waals surface area contributed by atoms with E-state index in [2.05, 4.69) is 0 Å². The van der Waals surface area contributed by atoms with Crippen molar-refractivity contribution in [3.63, 3.8) is 0 Å². The van der Waals surface area contributed by atoms with Gasteiger partial charge in [-0.25, -0.2) is 0 Å². The number of ether oxygens (including phenoxy) is 1. The van der Waals surface area contributed by atoms with E-state index in [9.17, 15) is 13.5 Å². The van der Waals surface area contributed by atoms with Gasteiger partial charge in [0.1, 0.15) is 5.75 Å². The smallest absolute Gasteiger partial charge is 0.282 e. The lowest BCUT2D eigenvalue weighted by Gasteiger charge is -2.32. The van der Waals surface area contributed by atoms with Gasteiger partial charge in [-0.2, -0.15) is 17.0 Å². The summed E-state index contributed by atoms with van der Waals surface area (Å²) in [5, 5.41) is 10.8. The first-order chi connectivity index (χ1) is 13.8. The van der Waals surface area contributed by atoms with Gasteiger partial charge >= 0.3 is 0 Å². The second-order valence-electron chi connectivity index (χ2n) is 7.67. The molecule has 1 fully saturated rings. The van der Waals surface area contributed by atoms with Crippen LogP contribution < -0.4 is 4.74 Å². The zero-order valence-corrected chi connectivity index (χ0v) is 18.0. The number of benzene rings is 2. The van der Waals surface area contributed by atoms with Gasteiger partial charge in [-0.3, -0.25) is 0 Å². The Hall–Kier alpha value is -1.93. The highest BCUT2D eigenvalue weighted by Crippen LogP contribution is 2.36. The second kappa shape index (κ2) is 9.26. The van der Waals surface area contributed by atoms with Crippen molar-refractivity contribution in [2.45, 2.75) is 38.5 Å². The van der Waals surface area contributed by atoms with Crippen LogP contribution in [-0.4, -0.2) is 48.9 Å². The Balaban J connectivity index is 1.85. The Morgan fingerprint density at radius 1 is 1.14 bits per heavy atom. The maximum Gasteiger partial charge on any atom is 0.282 e. The van der Waals surface area contributed by atoms with Crippen molar-refractivity contribution in [3.8, 4) is 5.75 Å². The lowest BCUT2D eigenvalue weighted by molar-refractivity contribution is 0.141. The minimum atomic E-state index is -3.75. The molecule has 2 aromatic rings. The zero-order chi connectivity index (χ0) is 21.0. The number of methoxy groups -OCH3 is 1. The number of hydrogen-bond donors (Lipinski definition) is 1. The molecular weight excluding hydrogens is 388 g/mol. The summed E-state index contributed by atoms with van der Waals surface area (Å²) in [5.74, 6) is 1.04. The number of aliphatic hydroxyl groups is 1. The molecule has 0 aromatic heterocycles. The monoisotopic (exact) mass is 418 g/mol. The van der Waals surface area contributed by atoms with Gasteiger partial charge in [-0.1, -0.05) is 42.5 Å². The Morgan fingerprint density at radius 3 is 2.45 bits per heavy atom. The van der Waals surface area contributed by atoms with Gasteiger partial charge in [-0.05, 0) is 48.9 Å². The quantitative estimate of drug-likeness (QED) is 0.643. The topological polar surface area (TPSA) is 70.1 Å². The van der Waals surface area contributed by atoms with Crippen molar-refractivity contribution in [2.24, 2.45) is 5.92 Å². The van der Waals surface area contributed by atoms with Crippen LogP contribution in [0.5, 0.6) is 5.75 Å². The van der Waals surface area contributed by atoms with Crippen LogP contribution in [0.1, 0.15) is 37.0 Å². The predicted octanol–water partition coefficient (Wildman–Crippen LogP) is 3.21. The zero-order valence-electron chi connectivity index (χ0n) is 17.2. The summed E-state index contributed by atoms with van der Waals surface area (Å²) >= 11 is 0. The molecule has 0 bridgehead atoms. The molecule has 7 heteroatoms. The Morgan fingerprint density at radius 2 is 1.83 bits per heavy atom. The van der Waals surface area contributed by atoms with Crippen LogP contribution in [0.3, 0.4) is 0 Å². The van der Waals surface area contributed by atoms with E-state index in [1.807, 2.05) is 37.3 Å². The molecule has 158 valence electrons. The average molecular weight is 419 g/mol. The molecular formula is C22H30N2O4S. The molecule has 0 amide bonds. The fraction of sp³-hybridized carbons (Fsp3) is 0.455. The van der Waals surface area contributed by atoms with E-state index in [0.29, 0.717) is 17.2 Å². The summed E-state index contributed by atoms with van der Waals surface area (Å²) in [7, 11) is -0.552. The van der Waals surface area contributed by atoms with Gasteiger partial charge < -0.3 is 9.84 Å². The molecule has 0 heterocycles. The first kappa shape index (κ1) is 21.8. The number of aliphatic hydroxyl groups excluding tert-OH is 1. The SMILES string of the molecule is COc1cccc([C@@H](O)CN(Cc2ccccc2)S(=O)(=O)N(C)[C@@H](C)C2CC2)c1. The fourth-order valence-corrected chi connectivity index (χ4v) is 5.04. The molecule has 1 N–H and O–H groups in total. The number of hydrogen-bond acceptors (Lipinski definition) is 4. The maximum absolute atomic E-state index is 13.4. The van der Waals surface area contributed by atoms with Crippen molar-refractivity contribution in [1.29, 1.82) is 0 Å². The van der Waals surface area contributed by atoms with E-state index < -0.39 is 16.3 Å². The van der Waals surface area contributed by atoms with Crippen LogP contribution in [-0.2, 0) is 16.8 Å². The summed E-state index contributed by atoms with van der Waals surface area (Å²) in [6.07, 6.45) is 1.16. The molecule has 1 saturated carbocycles. The summed E-state index contributed by atoms with van der Waals surface area (Å²) < 4.78 is 34.9. The van der Waals surface area contributed by atoms with E-state index in [1.165, 1.54) is 8.61 Å². The molecule has 0 spiro atoms. The third-order valence-corrected chi connectivity index (χ3v) is 7.62. The van der Waals surface area contributed by atoms with Crippen LogP contribution in [0, 0.1) is 5.92 Å². The fourth-order valence-electron chi connectivity index (χ4n) is 3.44. The normalized spacial score (nSPS) is 16.8. The summed E-state index contributed by atoms with van der Waals surface area (Å²) in [5.41, 5.74) is 1.50. The van der Waals surface area contributed by atoms with Gasteiger partial charge in [0, 0.05) is 26.2 Å². The first-order valence-electron chi connectivity index (χ1n) is 9.92. The van der Waals surface area contributed by atoms with Gasteiger partial charge in [0.2, 0.25) is 0 Å². The third-order valence-electron chi connectivity index (χ3n) is 5.62. The van der Waals surface area contributed by atoms with Crippen molar-refractivity contribution in [1.82, 2.24) is 8.61 Å². The molecule has 1 aliphatic carbocycles. The molecule has 3 rings (SSSR count). The Labute approximate surface area is 173 Å². The van der Waals surface area contributed by atoms with Crippen molar-refractivity contribution < 1.29 is 18.3 Å². The van der Waals surface area contributed by atoms with E-state index in [-0.39, 0.29) is 19.1 Å². The van der Waals surface area contributed by atoms with Gasteiger partial charge in [0.15, 0.2) is 0 Å². The highest BCUT2D eigenvalue weighted by atomic mass is 32.2. The molecule has 0 radical (unpaired) electrons. The molecule has 1 aliphatic rings. The van der Waals surface area contributed by atoms with E-state index in [4.69, 9.17) is 4.74 Å². The van der Waals surface area contributed by atoms with E-state index in [0.717, 1.165) is 18.4 Å². The van der Waals surface area contributed by atoms with Crippen molar-refractivity contribution in [2.75, 3.05) is 20.7 Å². The van der Waals surface area contributed by atoms with Gasteiger partial charge in [0.25, 0.3) is 10.2 Å². The molecule has 0 unspecified atom stereocenters. The van der Waals surface area contributed by atoms with E-state index in [1.54, 1.807) is 38.4 Å². The van der Waals surface area contributed by atoms with E-state index >= 15 is 0 Å². The molecule has 2 aromatic carbocycles. The summed E-state index contributed by atoms with van der Waals surface area (Å²) in [6.45, 7) is 2.12. The summed E-state index contributed by atoms with van der Waals surface area (Å²) in [4.78, 5) is 0. The molecule has 0 aliphatic heterocycles. The lowest BCUT2D eigenvalue weighted by atomic mass is 10.1. The number of nitrogens with zero attached hydrogens (tertiary/aromatic N) is 2. The van der Waals surface area contributed by atoms with Crippen LogP contribution in [0.4, 0.5) is 0 Å². The molecule has 6 nitrogen and oxygen atoms in total. The second-order valence-corrected chi connectivity index (χ2v) is 9.66. The number of rotatable bonds is 10. The minimum Gasteiger partial charge on any atom is -0.497 e. The maximum atomic E-state index is 13.4. The first-order valence-corrected chi connectivity index (χ1v) is 11.3. The highest BCUT2D eigenvalue weighted by Gasteiger charge is 2.38. The third kappa shape index (κ3) is 5.36. The molecule has 0 saturated heterocycles. The van der Waals surface area contributed by atoms with Crippen LogP contribution >= 0.6 is 0 Å². The lowest BCUT2D eigenvalue weighted by Crippen LogP contribution is -2.47. The van der Waals surface area contributed by atoms with Crippen LogP contribution in [0.25, 0.3) is 0 Å². The molecule has 29 heavy (non-hydrogen) atoms. The van der Waals surface area contributed by atoms with Gasteiger partial charge in [-0.15, -0.1) is 0 Å². The Bertz CT molecular complexity index is 900. The highest BCUT2D eigenvalue weighted by molar-refractivity contribution is 7.86. The average Bonchev–Trinajstić information content (AvgIpc) is 3.58. The standard InChI is InChI=1S/C22H30N2O4S/c1-17(19-12-13-19)23(2)29(26,27)24(15-18-8-5-4-6-9-18)16-22(25)20-10-7-11-21(14-20)28-3/h4-11,14,17,19,22,25H,12-13,15-16H2,1-3H3/t17-,22-/m0/s1. The predicted molar refractivity (Wildman–Crippen MR) is 114 cm³/mol. The minimum absolute atomic E-state index is 0.0356. The molecule has 2 atom stereocenters. The van der Waals surface area contributed by atoms with Crippen LogP contribution in [0.2, 0.25) is 0 Å².